The van der Waals surface area contributed by atoms with Gasteiger partial charge in [-0.3, -0.25) is 4.39 Å². The van der Waals surface area contributed by atoms with Gasteiger partial charge in [0, 0.05) is 0 Å². The first-order valence-electron chi connectivity index (χ1n) is 5.62. The van der Waals surface area contributed by atoms with Gasteiger partial charge in [-0.1, -0.05) is 25.0 Å². The number of alkyl halides is 1. The molecule has 1 aromatic rings. The molecule has 0 heterocycles. The smallest absolute Gasteiger partial charge is 0.335 e. The summed E-state index contributed by atoms with van der Waals surface area (Å²) in [7, 11) is 0. The van der Waals surface area contributed by atoms with Crippen LogP contribution in [0.3, 0.4) is 0 Å². The maximum atomic E-state index is 11.8. The van der Waals surface area contributed by atoms with Crippen LogP contribution in [0.15, 0.2) is 24.3 Å². The number of aromatic carboxylic acids is 1. The van der Waals surface area contributed by atoms with Gasteiger partial charge < -0.3 is 5.11 Å². The molecule has 2 nitrogen and oxygen atoms in total. The van der Waals surface area contributed by atoms with E-state index in [0.717, 1.165) is 31.2 Å². The Morgan fingerprint density at radius 3 is 2.25 bits per heavy atom. The molecule has 0 spiro atoms. The molecule has 0 saturated heterocycles. The normalized spacial score (nSPS) is 10.3. The maximum Gasteiger partial charge on any atom is 0.335 e. The van der Waals surface area contributed by atoms with Crippen molar-refractivity contribution in [1.29, 1.82) is 0 Å². The van der Waals surface area contributed by atoms with E-state index in [9.17, 15) is 9.18 Å². The quantitative estimate of drug-likeness (QED) is 0.720. The topological polar surface area (TPSA) is 37.3 Å². The summed E-state index contributed by atoms with van der Waals surface area (Å²) in [6.45, 7) is -0.229. The number of unbranched alkanes of at least 4 members (excludes halogenated alkanes) is 3. The van der Waals surface area contributed by atoms with E-state index in [1.54, 1.807) is 12.1 Å². The monoisotopic (exact) mass is 224 g/mol. The molecule has 1 rings (SSSR count). The molecule has 0 fully saturated rings. The minimum Gasteiger partial charge on any atom is -0.478 e. The Kier molecular flexibility index (Phi) is 5.54. The van der Waals surface area contributed by atoms with Crippen LogP contribution in [-0.2, 0) is 6.42 Å². The molecule has 88 valence electrons. The van der Waals surface area contributed by atoms with Gasteiger partial charge in [-0.05, 0) is 37.0 Å². The molecule has 0 unspecified atom stereocenters. The van der Waals surface area contributed by atoms with Gasteiger partial charge in [-0.25, -0.2) is 4.79 Å². The molecule has 0 aliphatic rings. The van der Waals surface area contributed by atoms with E-state index in [0.29, 0.717) is 12.0 Å². The van der Waals surface area contributed by atoms with Crippen molar-refractivity contribution in [2.24, 2.45) is 0 Å². The average Bonchev–Trinajstić information content (AvgIpc) is 2.29. The molecule has 3 heteroatoms. The van der Waals surface area contributed by atoms with E-state index in [2.05, 4.69) is 0 Å². The molecule has 0 aromatic heterocycles. The van der Waals surface area contributed by atoms with Gasteiger partial charge in [-0.2, -0.15) is 0 Å². The molecule has 0 amide bonds. The van der Waals surface area contributed by atoms with Crippen molar-refractivity contribution in [3.63, 3.8) is 0 Å². The molecule has 1 N–H and O–H groups in total. The fourth-order valence-corrected chi connectivity index (χ4v) is 1.59. The second-order valence-corrected chi connectivity index (χ2v) is 3.86. The average molecular weight is 224 g/mol. The Bertz CT molecular complexity index is 319. The Hall–Kier alpha value is -1.38. The Morgan fingerprint density at radius 2 is 1.69 bits per heavy atom. The number of benzene rings is 1. The summed E-state index contributed by atoms with van der Waals surface area (Å²) in [5.74, 6) is -0.894. The van der Waals surface area contributed by atoms with Crippen molar-refractivity contribution in [2.45, 2.75) is 32.1 Å². The lowest BCUT2D eigenvalue weighted by molar-refractivity contribution is 0.0697. The number of hydrogen-bond donors (Lipinski definition) is 1. The largest absolute Gasteiger partial charge is 0.478 e. The molecule has 0 saturated carbocycles. The molecule has 0 radical (unpaired) electrons. The van der Waals surface area contributed by atoms with Gasteiger partial charge in [-0.15, -0.1) is 0 Å². The van der Waals surface area contributed by atoms with Crippen molar-refractivity contribution in [2.75, 3.05) is 6.67 Å². The fourth-order valence-electron chi connectivity index (χ4n) is 1.59. The second kappa shape index (κ2) is 6.99. The summed E-state index contributed by atoms with van der Waals surface area (Å²) < 4.78 is 11.8. The van der Waals surface area contributed by atoms with Gasteiger partial charge in [0.25, 0.3) is 0 Å². The molecular formula is C13H17FO2. The predicted octanol–water partition coefficient (Wildman–Crippen LogP) is 3.46. The summed E-state index contributed by atoms with van der Waals surface area (Å²) in [4.78, 5) is 10.6. The van der Waals surface area contributed by atoms with Crippen LogP contribution >= 0.6 is 0 Å². The third-order valence-electron chi connectivity index (χ3n) is 2.55. The SMILES string of the molecule is O=C(O)c1ccc(CCCCCCF)cc1. The van der Waals surface area contributed by atoms with Crippen LogP contribution in [0.25, 0.3) is 0 Å². The van der Waals surface area contributed by atoms with Crippen LogP contribution in [0.1, 0.15) is 41.6 Å². The van der Waals surface area contributed by atoms with Crippen LogP contribution in [0.4, 0.5) is 4.39 Å². The number of hydrogen-bond acceptors (Lipinski definition) is 1. The van der Waals surface area contributed by atoms with Crippen LogP contribution in [0.5, 0.6) is 0 Å². The van der Waals surface area contributed by atoms with Crippen molar-refractivity contribution in [1.82, 2.24) is 0 Å². The lowest BCUT2D eigenvalue weighted by Crippen LogP contribution is -1.96. The number of halogens is 1. The lowest BCUT2D eigenvalue weighted by atomic mass is 10.0. The molecule has 0 aliphatic carbocycles. The molecule has 0 atom stereocenters. The first-order valence-corrected chi connectivity index (χ1v) is 5.62. The molecule has 0 bridgehead atoms. The van der Waals surface area contributed by atoms with Crippen molar-refractivity contribution in [3.05, 3.63) is 35.4 Å². The lowest BCUT2D eigenvalue weighted by Gasteiger charge is -2.01. The Balaban J connectivity index is 2.29. The summed E-state index contributed by atoms with van der Waals surface area (Å²) >= 11 is 0. The highest BCUT2D eigenvalue weighted by Crippen LogP contribution is 2.09. The first kappa shape index (κ1) is 12.7. The number of aryl methyl sites for hydroxylation is 1. The number of rotatable bonds is 7. The van der Waals surface area contributed by atoms with Crippen molar-refractivity contribution >= 4 is 5.97 Å². The van der Waals surface area contributed by atoms with E-state index < -0.39 is 5.97 Å². The van der Waals surface area contributed by atoms with E-state index in [4.69, 9.17) is 5.11 Å². The summed E-state index contributed by atoms with van der Waals surface area (Å²) in [5.41, 5.74) is 1.46. The van der Waals surface area contributed by atoms with Crippen LogP contribution in [-0.4, -0.2) is 17.8 Å². The summed E-state index contributed by atoms with van der Waals surface area (Å²) in [6, 6.07) is 6.94. The van der Waals surface area contributed by atoms with Crippen LogP contribution in [0.2, 0.25) is 0 Å². The zero-order chi connectivity index (χ0) is 11.8. The first-order chi connectivity index (χ1) is 7.74. The van der Waals surface area contributed by atoms with Crippen LogP contribution in [0, 0.1) is 0 Å². The third-order valence-corrected chi connectivity index (χ3v) is 2.55. The molecule has 1 aromatic carbocycles. The highest BCUT2D eigenvalue weighted by atomic mass is 19.1. The van der Waals surface area contributed by atoms with Gasteiger partial charge in [0.15, 0.2) is 0 Å². The third kappa shape index (κ3) is 4.43. The van der Waals surface area contributed by atoms with Gasteiger partial charge in [0.2, 0.25) is 0 Å². The second-order valence-electron chi connectivity index (χ2n) is 3.86. The number of carboxylic acid groups (broad SMARTS) is 1. The predicted molar refractivity (Wildman–Crippen MR) is 61.5 cm³/mol. The summed E-state index contributed by atoms with van der Waals surface area (Å²) in [5, 5.41) is 8.71. The highest BCUT2D eigenvalue weighted by Gasteiger charge is 2.01. The van der Waals surface area contributed by atoms with Crippen molar-refractivity contribution in [3.8, 4) is 0 Å². The molecule has 16 heavy (non-hydrogen) atoms. The van der Waals surface area contributed by atoms with E-state index in [1.807, 2.05) is 12.1 Å². The highest BCUT2D eigenvalue weighted by molar-refractivity contribution is 5.87. The molecule has 0 aliphatic heterocycles. The van der Waals surface area contributed by atoms with Gasteiger partial charge in [0.05, 0.1) is 12.2 Å². The zero-order valence-corrected chi connectivity index (χ0v) is 9.29. The molecular weight excluding hydrogens is 207 g/mol. The minimum absolute atomic E-state index is 0.229. The van der Waals surface area contributed by atoms with Gasteiger partial charge in [0.1, 0.15) is 0 Å². The standard InChI is InChI=1S/C13H17FO2/c14-10-4-2-1-3-5-11-6-8-12(9-7-11)13(15)16/h6-9H,1-5,10H2,(H,15,16). The Morgan fingerprint density at radius 1 is 1.06 bits per heavy atom. The van der Waals surface area contributed by atoms with Crippen molar-refractivity contribution < 1.29 is 14.3 Å². The van der Waals surface area contributed by atoms with E-state index in [1.165, 1.54) is 0 Å². The Labute approximate surface area is 95.1 Å². The number of carbonyl (C=O) groups is 1. The maximum absolute atomic E-state index is 11.8. The minimum atomic E-state index is -0.894. The number of carboxylic acids is 1. The zero-order valence-electron chi connectivity index (χ0n) is 9.29. The fraction of sp³-hybridized carbons (Fsp3) is 0.462. The van der Waals surface area contributed by atoms with E-state index in [-0.39, 0.29) is 6.67 Å². The van der Waals surface area contributed by atoms with Gasteiger partial charge >= 0.3 is 5.97 Å². The van der Waals surface area contributed by atoms with E-state index >= 15 is 0 Å². The van der Waals surface area contributed by atoms with Crippen LogP contribution < -0.4 is 0 Å². The summed E-state index contributed by atoms with van der Waals surface area (Å²) in [6.07, 6.45) is 4.59.